The van der Waals surface area contributed by atoms with Crippen molar-refractivity contribution in [2.75, 3.05) is 17.1 Å². The van der Waals surface area contributed by atoms with Gasteiger partial charge in [0, 0.05) is 22.1 Å². The number of carbonyl (C=O) groups excluding carboxylic acids is 2. The minimum absolute atomic E-state index is 0.0610. The maximum atomic E-state index is 13.6. The van der Waals surface area contributed by atoms with Crippen LogP contribution >= 0.6 is 27.5 Å². The first-order valence-electron chi connectivity index (χ1n) is 11.0. The summed E-state index contributed by atoms with van der Waals surface area (Å²) in [7, 11) is -3.77. The lowest BCUT2D eigenvalue weighted by Crippen LogP contribution is -2.53. The fraction of sp³-hybridized carbons (Fsp3) is 0.417. The minimum atomic E-state index is -3.77. The lowest BCUT2D eigenvalue weighted by Gasteiger charge is -2.33. The normalized spacial score (nSPS) is 13.1. The van der Waals surface area contributed by atoms with Crippen LogP contribution in [0.15, 0.2) is 53.0 Å². The standard InChI is InChI=1S/C24H31BrClN3O4S/c1-5-17(3)27-24(31)22(6-2)28(15-18-9-7-8-10-21(18)26)23(30)16-29(34(4,32)33)20-13-11-19(25)12-14-20/h7-14,17,22H,5-6,15-16H2,1-4H3,(H,27,31). The Bertz CT molecular complexity index is 1100. The van der Waals surface area contributed by atoms with E-state index in [2.05, 4.69) is 21.2 Å². The van der Waals surface area contributed by atoms with E-state index in [-0.39, 0.29) is 18.5 Å². The molecule has 0 spiro atoms. The zero-order valence-electron chi connectivity index (χ0n) is 19.8. The van der Waals surface area contributed by atoms with E-state index in [4.69, 9.17) is 11.6 Å². The summed E-state index contributed by atoms with van der Waals surface area (Å²) in [5.41, 5.74) is 1.02. The Morgan fingerprint density at radius 3 is 2.21 bits per heavy atom. The molecule has 10 heteroatoms. The fourth-order valence-corrected chi connectivity index (χ4v) is 4.70. The van der Waals surface area contributed by atoms with Crippen molar-refractivity contribution < 1.29 is 18.0 Å². The molecule has 0 aliphatic rings. The summed E-state index contributed by atoms with van der Waals surface area (Å²) in [5, 5.41) is 3.40. The van der Waals surface area contributed by atoms with Crippen molar-refractivity contribution >= 4 is 55.1 Å². The van der Waals surface area contributed by atoms with E-state index in [0.717, 1.165) is 21.5 Å². The van der Waals surface area contributed by atoms with Crippen LogP contribution in [0, 0.1) is 0 Å². The van der Waals surface area contributed by atoms with Gasteiger partial charge in [-0.2, -0.15) is 0 Å². The van der Waals surface area contributed by atoms with Crippen LogP contribution in [0.25, 0.3) is 0 Å². The molecule has 34 heavy (non-hydrogen) atoms. The smallest absolute Gasteiger partial charge is 0.244 e. The number of nitrogens with one attached hydrogen (secondary N) is 1. The number of nitrogens with zero attached hydrogens (tertiary/aromatic N) is 2. The highest BCUT2D eigenvalue weighted by molar-refractivity contribution is 9.10. The Labute approximate surface area is 215 Å². The second kappa shape index (κ2) is 12.6. The first kappa shape index (κ1) is 28.1. The molecule has 0 aromatic heterocycles. The predicted molar refractivity (Wildman–Crippen MR) is 140 cm³/mol. The van der Waals surface area contributed by atoms with Crippen molar-refractivity contribution in [1.82, 2.24) is 10.2 Å². The molecule has 0 fully saturated rings. The van der Waals surface area contributed by atoms with E-state index in [9.17, 15) is 18.0 Å². The number of hydrogen-bond acceptors (Lipinski definition) is 4. The zero-order chi connectivity index (χ0) is 25.5. The van der Waals surface area contributed by atoms with Crippen molar-refractivity contribution in [2.45, 2.75) is 52.2 Å². The Morgan fingerprint density at radius 2 is 1.68 bits per heavy atom. The van der Waals surface area contributed by atoms with Crippen LogP contribution in [0.2, 0.25) is 5.02 Å². The molecule has 0 aliphatic heterocycles. The molecule has 2 aromatic rings. The van der Waals surface area contributed by atoms with Gasteiger partial charge in [0.1, 0.15) is 12.6 Å². The molecule has 2 atom stereocenters. The molecular weight excluding hydrogens is 542 g/mol. The van der Waals surface area contributed by atoms with E-state index in [0.29, 0.717) is 22.7 Å². The average molecular weight is 573 g/mol. The number of rotatable bonds is 11. The first-order chi connectivity index (χ1) is 16.0. The highest BCUT2D eigenvalue weighted by atomic mass is 79.9. The molecule has 2 unspecified atom stereocenters. The van der Waals surface area contributed by atoms with Crippen molar-refractivity contribution in [2.24, 2.45) is 0 Å². The molecule has 0 bridgehead atoms. The van der Waals surface area contributed by atoms with Gasteiger partial charge in [0.15, 0.2) is 0 Å². The molecule has 0 saturated carbocycles. The Kier molecular flexibility index (Phi) is 10.4. The van der Waals surface area contributed by atoms with Gasteiger partial charge in [0.05, 0.1) is 11.9 Å². The minimum Gasteiger partial charge on any atom is -0.352 e. The lowest BCUT2D eigenvalue weighted by atomic mass is 10.1. The van der Waals surface area contributed by atoms with Crippen molar-refractivity contribution in [3.05, 3.63) is 63.6 Å². The molecule has 7 nitrogen and oxygen atoms in total. The summed E-state index contributed by atoms with van der Waals surface area (Å²) in [4.78, 5) is 28.1. The second-order valence-corrected chi connectivity index (χ2v) is 11.3. The van der Waals surface area contributed by atoms with E-state index < -0.39 is 28.5 Å². The summed E-state index contributed by atoms with van der Waals surface area (Å²) in [6.45, 7) is 5.29. The predicted octanol–water partition coefficient (Wildman–Crippen LogP) is 4.59. The van der Waals surface area contributed by atoms with Gasteiger partial charge in [-0.15, -0.1) is 0 Å². The summed E-state index contributed by atoms with van der Waals surface area (Å²) in [5.74, 6) is -0.786. The van der Waals surface area contributed by atoms with E-state index in [1.807, 2.05) is 20.8 Å². The van der Waals surface area contributed by atoms with Gasteiger partial charge >= 0.3 is 0 Å². The molecule has 0 aliphatic carbocycles. The number of benzene rings is 2. The number of amides is 2. The third kappa shape index (κ3) is 7.71. The topological polar surface area (TPSA) is 86.8 Å². The van der Waals surface area contributed by atoms with Crippen LogP contribution < -0.4 is 9.62 Å². The quantitative estimate of drug-likeness (QED) is 0.427. The second-order valence-electron chi connectivity index (χ2n) is 8.10. The maximum Gasteiger partial charge on any atom is 0.244 e. The van der Waals surface area contributed by atoms with Gasteiger partial charge in [-0.25, -0.2) is 8.42 Å². The third-order valence-electron chi connectivity index (χ3n) is 5.48. The van der Waals surface area contributed by atoms with Gasteiger partial charge in [0.25, 0.3) is 0 Å². The van der Waals surface area contributed by atoms with Crippen molar-refractivity contribution in [3.8, 4) is 0 Å². The number of sulfonamides is 1. The molecule has 0 saturated heterocycles. The Balaban J connectivity index is 2.44. The summed E-state index contributed by atoms with van der Waals surface area (Å²) in [6, 6.07) is 12.9. The van der Waals surface area contributed by atoms with Crippen LogP contribution in [-0.4, -0.2) is 50.0 Å². The van der Waals surface area contributed by atoms with Gasteiger partial charge in [0.2, 0.25) is 21.8 Å². The van der Waals surface area contributed by atoms with Gasteiger partial charge in [-0.05, 0) is 55.7 Å². The number of hydrogen-bond donors (Lipinski definition) is 1. The monoisotopic (exact) mass is 571 g/mol. The van der Waals surface area contributed by atoms with Crippen LogP contribution in [-0.2, 0) is 26.2 Å². The molecule has 2 rings (SSSR count). The summed E-state index contributed by atoms with van der Waals surface area (Å²) in [6.07, 6.45) is 2.15. The highest BCUT2D eigenvalue weighted by Gasteiger charge is 2.32. The molecule has 1 N–H and O–H groups in total. The lowest BCUT2D eigenvalue weighted by molar-refractivity contribution is -0.140. The van der Waals surface area contributed by atoms with E-state index >= 15 is 0 Å². The average Bonchev–Trinajstić information content (AvgIpc) is 2.78. The largest absolute Gasteiger partial charge is 0.352 e. The molecule has 0 heterocycles. The first-order valence-corrected chi connectivity index (χ1v) is 14.1. The summed E-state index contributed by atoms with van der Waals surface area (Å²) >= 11 is 9.68. The summed E-state index contributed by atoms with van der Waals surface area (Å²) < 4.78 is 27.0. The van der Waals surface area contributed by atoms with Crippen LogP contribution in [0.3, 0.4) is 0 Å². The number of carbonyl (C=O) groups is 2. The molecule has 186 valence electrons. The van der Waals surface area contributed by atoms with E-state index in [1.54, 1.807) is 48.5 Å². The number of anilines is 1. The Hall–Kier alpha value is -2.10. The highest BCUT2D eigenvalue weighted by Crippen LogP contribution is 2.23. The van der Waals surface area contributed by atoms with Crippen LogP contribution in [0.5, 0.6) is 0 Å². The van der Waals surface area contributed by atoms with Gasteiger partial charge < -0.3 is 10.2 Å². The van der Waals surface area contributed by atoms with Crippen molar-refractivity contribution in [3.63, 3.8) is 0 Å². The number of halogens is 2. The van der Waals surface area contributed by atoms with Crippen molar-refractivity contribution in [1.29, 1.82) is 0 Å². The Morgan fingerprint density at radius 1 is 1.06 bits per heavy atom. The molecule has 2 amide bonds. The molecule has 2 aromatic carbocycles. The van der Waals surface area contributed by atoms with Crippen LogP contribution in [0.1, 0.15) is 39.2 Å². The van der Waals surface area contributed by atoms with E-state index in [1.165, 1.54) is 4.90 Å². The maximum absolute atomic E-state index is 13.6. The molecule has 0 radical (unpaired) electrons. The third-order valence-corrected chi connectivity index (χ3v) is 7.52. The van der Waals surface area contributed by atoms with Gasteiger partial charge in [-0.3, -0.25) is 13.9 Å². The fourth-order valence-electron chi connectivity index (χ4n) is 3.39. The SMILES string of the molecule is CCC(C)NC(=O)C(CC)N(Cc1ccccc1Cl)C(=O)CN(c1ccc(Br)cc1)S(C)(=O)=O. The van der Waals surface area contributed by atoms with Crippen LogP contribution in [0.4, 0.5) is 5.69 Å². The zero-order valence-corrected chi connectivity index (χ0v) is 23.0. The molecular formula is C24H31BrClN3O4S. The van der Waals surface area contributed by atoms with Gasteiger partial charge in [-0.1, -0.05) is 59.6 Å².